The molecule has 0 fully saturated rings. The van der Waals surface area contributed by atoms with Gasteiger partial charge in [-0.25, -0.2) is 0 Å². The molecule has 1 rings (SSSR count). The average Bonchev–Trinajstić information content (AvgIpc) is 2.30. The Morgan fingerprint density at radius 2 is 2.12 bits per heavy atom. The summed E-state index contributed by atoms with van der Waals surface area (Å²) in [5, 5.41) is 2.96. The van der Waals surface area contributed by atoms with Gasteiger partial charge in [-0.15, -0.1) is 0 Å². The van der Waals surface area contributed by atoms with Crippen LogP contribution >= 0.6 is 27.7 Å². The molecule has 0 aliphatic rings. The van der Waals surface area contributed by atoms with E-state index in [2.05, 4.69) is 41.3 Å². The quantitative estimate of drug-likeness (QED) is 0.919. The summed E-state index contributed by atoms with van der Waals surface area (Å²) in [5.41, 5.74) is 1.82. The second kappa shape index (κ2) is 5.91. The molecule has 0 spiro atoms. The lowest BCUT2D eigenvalue weighted by molar-refractivity contribution is 0.0951. The lowest BCUT2D eigenvalue weighted by Crippen LogP contribution is -2.36. The number of thioether (sulfide) groups is 1. The third-order valence-corrected chi connectivity index (χ3v) is 4.77. The van der Waals surface area contributed by atoms with E-state index in [9.17, 15) is 4.79 Å². The predicted molar refractivity (Wildman–Crippen MR) is 78.8 cm³/mol. The van der Waals surface area contributed by atoms with E-state index >= 15 is 0 Å². The van der Waals surface area contributed by atoms with Crippen molar-refractivity contribution >= 4 is 33.6 Å². The Kier molecular flexibility index (Phi) is 5.07. The van der Waals surface area contributed by atoms with Crippen LogP contribution in [0.2, 0.25) is 0 Å². The van der Waals surface area contributed by atoms with Crippen LogP contribution in [-0.2, 0) is 0 Å². The average molecular weight is 316 g/mol. The van der Waals surface area contributed by atoms with Crippen LogP contribution in [0.25, 0.3) is 0 Å². The van der Waals surface area contributed by atoms with Crippen molar-refractivity contribution in [3.05, 3.63) is 33.8 Å². The van der Waals surface area contributed by atoms with Gasteiger partial charge in [0.05, 0.1) is 0 Å². The first kappa shape index (κ1) is 14.6. The number of aryl methyl sites for hydroxylation is 1. The molecule has 0 aliphatic carbocycles. The van der Waals surface area contributed by atoms with E-state index in [1.807, 2.05) is 25.1 Å². The lowest BCUT2D eigenvalue weighted by Gasteiger charge is -2.22. The highest BCUT2D eigenvalue weighted by atomic mass is 79.9. The zero-order valence-corrected chi connectivity index (χ0v) is 13.0. The summed E-state index contributed by atoms with van der Waals surface area (Å²) in [6.07, 6.45) is 2.05. The Hall–Kier alpha value is -0.480. The van der Waals surface area contributed by atoms with E-state index in [1.54, 1.807) is 11.8 Å². The van der Waals surface area contributed by atoms with Gasteiger partial charge >= 0.3 is 0 Å². The molecular weight excluding hydrogens is 298 g/mol. The lowest BCUT2D eigenvalue weighted by atomic mass is 10.1. The standard InChI is InChI=1S/C13H18BrNOS/c1-9-5-6-10(7-11(9)14)12(16)15-8-13(2,3)17-4/h5-7H,8H2,1-4H3,(H,15,16). The van der Waals surface area contributed by atoms with Crippen molar-refractivity contribution in [3.8, 4) is 0 Å². The topological polar surface area (TPSA) is 29.1 Å². The van der Waals surface area contributed by atoms with Gasteiger partial charge in [0.2, 0.25) is 0 Å². The Morgan fingerprint density at radius 1 is 1.47 bits per heavy atom. The van der Waals surface area contributed by atoms with Crippen molar-refractivity contribution in [1.82, 2.24) is 5.32 Å². The molecule has 4 heteroatoms. The van der Waals surface area contributed by atoms with Gasteiger partial charge < -0.3 is 5.32 Å². The molecule has 0 unspecified atom stereocenters. The highest BCUT2D eigenvalue weighted by Gasteiger charge is 2.17. The summed E-state index contributed by atoms with van der Waals surface area (Å²) >= 11 is 5.18. The predicted octanol–water partition coefficient (Wildman–Crippen LogP) is 3.63. The van der Waals surface area contributed by atoms with E-state index in [0.29, 0.717) is 12.1 Å². The second-order valence-electron chi connectivity index (χ2n) is 4.61. The number of carbonyl (C=O) groups is 1. The van der Waals surface area contributed by atoms with Gasteiger partial charge in [-0.05, 0) is 44.7 Å². The van der Waals surface area contributed by atoms with E-state index in [4.69, 9.17) is 0 Å². The minimum atomic E-state index is -0.0205. The van der Waals surface area contributed by atoms with Gasteiger partial charge in [-0.1, -0.05) is 22.0 Å². The van der Waals surface area contributed by atoms with Crippen molar-refractivity contribution in [1.29, 1.82) is 0 Å². The summed E-state index contributed by atoms with van der Waals surface area (Å²) in [4.78, 5) is 11.9. The van der Waals surface area contributed by atoms with Crippen molar-refractivity contribution < 1.29 is 4.79 Å². The van der Waals surface area contributed by atoms with Gasteiger partial charge in [0, 0.05) is 21.3 Å². The maximum absolute atomic E-state index is 11.9. The molecule has 0 heterocycles. The first-order chi connectivity index (χ1) is 7.85. The number of carbonyl (C=O) groups excluding carboxylic acids is 1. The number of benzene rings is 1. The highest BCUT2D eigenvalue weighted by Crippen LogP contribution is 2.20. The summed E-state index contributed by atoms with van der Waals surface area (Å²) in [7, 11) is 0. The number of halogens is 1. The molecule has 17 heavy (non-hydrogen) atoms. The second-order valence-corrected chi connectivity index (χ2v) is 6.98. The van der Waals surface area contributed by atoms with Gasteiger partial charge in [0.15, 0.2) is 0 Å². The van der Waals surface area contributed by atoms with E-state index in [-0.39, 0.29) is 10.7 Å². The van der Waals surface area contributed by atoms with Crippen LogP contribution < -0.4 is 5.32 Å². The van der Waals surface area contributed by atoms with Gasteiger partial charge in [0.25, 0.3) is 5.91 Å². The minimum absolute atomic E-state index is 0.0205. The fourth-order valence-corrected chi connectivity index (χ4v) is 1.80. The van der Waals surface area contributed by atoms with Crippen molar-refractivity contribution in [2.45, 2.75) is 25.5 Å². The van der Waals surface area contributed by atoms with Gasteiger partial charge in [0.1, 0.15) is 0 Å². The fourth-order valence-electron chi connectivity index (χ4n) is 1.20. The molecule has 1 N–H and O–H groups in total. The first-order valence-electron chi connectivity index (χ1n) is 5.45. The Bertz CT molecular complexity index is 418. The molecule has 0 saturated carbocycles. The zero-order valence-electron chi connectivity index (χ0n) is 10.6. The third kappa shape index (κ3) is 4.36. The normalized spacial score (nSPS) is 11.4. The van der Waals surface area contributed by atoms with Crippen molar-refractivity contribution in [3.63, 3.8) is 0 Å². The smallest absolute Gasteiger partial charge is 0.251 e. The molecule has 94 valence electrons. The maximum Gasteiger partial charge on any atom is 0.251 e. The summed E-state index contributed by atoms with van der Waals surface area (Å²) < 4.78 is 1.03. The van der Waals surface area contributed by atoms with Crippen LogP contribution in [0, 0.1) is 6.92 Å². The number of amides is 1. The van der Waals surface area contributed by atoms with Crippen molar-refractivity contribution in [2.75, 3.05) is 12.8 Å². The molecule has 1 amide bonds. The molecule has 1 aromatic carbocycles. The number of nitrogens with one attached hydrogen (secondary N) is 1. The maximum atomic E-state index is 11.9. The van der Waals surface area contributed by atoms with Gasteiger partial charge in [-0.2, -0.15) is 11.8 Å². The van der Waals surface area contributed by atoms with Crippen LogP contribution in [-0.4, -0.2) is 23.5 Å². The molecule has 0 aromatic heterocycles. The zero-order chi connectivity index (χ0) is 13.1. The van der Waals surface area contributed by atoms with Crippen molar-refractivity contribution in [2.24, 2.45) is 0 Å². The summed E-state index contributed by atoms with van der Waals surface area (Å²) in [6.45, 7) is 6.90. The molecule has 0 bridgehead atoms. The summed E-state index contributed by atoms with van der Waals surface area (Å²) in [5.74, 6) is -0.0205. The SMILES string of the molecule is CSC(C)(C)CNC(=O)c1ccc(C)c(Br)c1. The van der Waals surface area contributed by atoms with Crippen LogP contribution in [0.4, 0.5) is 0 Å². The first-order valence-corrected chi connectivity index (χ1v) is 7.47. The van der Waals surface area contributed by atoms with E-state index in [0.717, 1.165) is 10.0 Å². The Labute approximate surface area is 116 Å². The van der Waals surface area contributed by atoms with Crippen LogP contribution in [0.5, 0.6) is 0 Å². The Morgan fingerprint density at radius 3 is 2.65 bits per heavy atom. The molecule has 0 atom stereocenters. The minimum Gasteiger partial charge on any atom is -0.351 e. The highest BCUT2D eigenvalue weighted by molar-refractivity contribution is 9.10. The van der Waals surface area contributed by atoms with Crippen LogP contribution in [0.3, 0.4) is 0 Å². The Balaban J connectivity index is 2.68. The molecular formula is C13H18BrNOS. The molecule has 0 saturated heterocycles. The molecule has 0 aliphatic heterocycles. The van der Waals surface area contributed by atoms with E-state index < -0.39 is 0 Å². The molecule has 2 nitrogen and oxygen atoms in total. The summed E-state index contributed by atoms with van der Waals surface area (Å²) in [6, 6.07) is 5.65. The number of rotatable bonds is 4. The third-order valence-electron chi connectivity index (χ3n) is 2.66. The number of hydrogen-bond donors (Lipinski definition) is 1. The van der Waals surface area contributed by atoms with Crippen LogP contribution in [0.15, 0.2) is 22.7 Å². The monoisotopic (exact) mass is 315 g/mol. The molecule has 0 radical (unpaired) electrons. The van der Waals surface area contributed by atoms with E-state index in [1.165, 1.54) is 0 Å². The number of hydrogen-bond acceptors (Lipinski definition) is 2. The molecule has 1 aromatic rings. The van der Waals surface area contributed by atoms with Gasteiger partial charge in [-0.3, -0.25) is 4.79 Å². The fraction of sp³-hybridized carbons (Fsp3) is 0.462. The largest absolute Gasteiger partial charge is 0.351 e. The van der Waals surface area contributed by atoms with Crippen LogP contribution in [0.1, 0.15) is 29.8 Å².